The van der Waals surface area contributed by atoms with Crippen molar-refractivity contribution in [2.75, 3.05) is 0 Å². The number of para-hydroxylation sites is 1. The molecule has 0 aliphatic rings. The van der Waals surface area contributed by atoms with E-state index in [9.17, 15) is 0 Å². The molecule has 7 heteroatoms. The molecule has 0 amide bonds. The molecule has 0 saturated carbocycles. The molecule has 4 rings (SSSR count). The Morgan fingerprint density at radius 3 is 2.67 bits per heavy atom. The third-order valence-corrected chi connectivity index (χ3v) is 3.99. The fraction of sp³-hybridized carbons (Fsp3) is 0. The number of benzene rings is 2. The van der Waals surface area contributed by atoms with Gasteiger partial charge >= 0.3 is 0 Å². The number of rotatable bonds is 5. The van der Waals surface area contributed by atoms with Crippen LogP contribution in [0.3, 0.4) is 0 Å². The molecule has 0 unspecified atom stereocenters. The van der Waals surface area contributed by atoms with Crippen LogP contribution in [0.25, 0.3) is 11.4 Å². The summed E-state index contributed by atoms with van der Waals surface area (Å²) in [6.07, 6.45) is 5.13. The van der Waals surface area contributed by atoms with Crippen molar-refractivity contribution in [3.8, 4) is 22.9 Å². The van der Waals surface area contributed by atoms with Gasteiger partial charge in [0.1, 0.15) is 11.5 Å². The van der Waals surface area contributed by atoms with Gasteiger partial charge in [0.05, 0.1) is 6.21 Å². The van der Waals surface area contributed by atoms with Crippen molar-refractivity contribution in [1.29, 1.82) is 0 Å². The highest BCUT2D eigenvalue weighted by Crippen LogP contribution is 2.21. The normalized spacial score (nSPS) is 11.0. The van der Waals surface area contributed by atoms with Crippen LogP contribution in [-0.2, 0) is 0 Å². The molecular formula is C20H15N5OS. The van der Waals surface area contributed by atoms with E-state index in [0.717, 1.165) is 22.6 Å². The van der Waals surface area contributed by atoms with Gasteiger partial charge in [-0.1, -0.05) is 30.3 Å². The number of pyridine rings is 1. The molecule has 0 radical (unpaired) electrons. The number of nitrogens with zero attached hydrogens (tertiary/aromatic N) is 4. The molecule has 0 spiro atoms. The highest BCUT2D eigenvalue weighted by atomic mass is 32.1. The van der Waals surface area contributed by atoms with Crippen LogP contribution in [0, 0.1) is 4.77 Å². The molecule has 2 aromatic heterocycles. The minimum absolute atomic E-state index is 0.404. The van der Waals surface area contributed by atoms with Crippen molar-refractivity contribution < 1.29 is 4.74 Å². The predicted octanol–water partition coefficient (Wildman–Crippen LogP) is 4.68. The number of aromatic amines is 1. The van der Waals surface area contributed by atoms with Gasteiger partial charge in [0.2, 0.25) is 4.77 Å². The number of H-pyrrole nitrogens is 1. The van der Waals surface area contributed by atoms with Crippen molar-refractivity contribution in [3.63, 3.8) is 0 Å². The van der Waals surface area contributed by atoms with Crippen LogP contribution in [-0.4, -0.2) is 26.1 Å². The zero-order valence-electron chi connectivity index (χ0n) is 14.2. The SMILES string of the molecule is S=c1[nH]nc(-c2cccnc2)n1/N=C/c1cccc(Oc2ccccc2)c1. The van der Waals surface area contributed by atoms with Crippen LogP contribution in [0.1, 0.15) is 5.56 Å². The van der Waals surface area contributed by atoms with Crippen LogP contribution >= 0.6 is 12.2 Å². The first kappa shape index (κ1) is 16.9. The maximum Gasteiger partial charge on any atom is 0.216 e. The Kier molecular flexibility index (Phi) is 4.84. The van der Waals surface area contributed by atoms with E-state index in [1.54, 1.807) is 23.3 Å². The Morgan fingerprint density at radius 2 is 1.85 bits per heavy atom. The number of nitrogens with one attached hydrogen (secondary N) is 1. The van der Waals surface area contributed by atoms with Gasteiger partial charge < -0.3 is 4.74 Å². The molecule has 4 aromatic rings. The molecule has 0 bridgehead atoms. The van der Waals surface area contributed by atoms with Crippen LogP contribution < -0.4 is 4.74 Å². The zero-order chi connectivity index (χ0) is 18.5. The molecular weight excluding hydrogens is 358 g/mol. The molecule has 0 aliphatic heterocycles. The van der Waals surface area contributed by atoms with E-state index < -0.39 is 0 Å². The lowest BCUT2D eigenvalue weighted by molar-refractivity contribution is 0.482. The predicted molar refractivity (Wildman–Crippen MR) is 107 cm³/mol. The Bertz CT molecular complexity index is 1120. The Labute approximate surface area is 160 Å². The fourth-order valence-electron chi connectivity index (χ4n) is 2.49. The van der Waals surface area contributed by atoms with Crippen molar-refractivity contribution in [2.45, 2.75) is 0 Å². The van der Waals surface area contributed by atoms with Gasteiger partial charge in [0, 0.05) is 18.0 Å². The molecule has 6 nitrogen and oxygen atoms in total. The molecule has 132 valence electrons. The van der Waals surface area contributed by atoms with Crippen LogP contribution in [0.4, 0.5) is 0 Å². The Hall–Kier alpha value is -3.58. The van der Waals surface area contributed by atoms with Gasteiger partial charge in [-0.15, -0.1) is 0 Å². The molecule has 0 fully saturated rings. The number of hydrogen-bond donors (Lipinski definition) is 1. The largest absolute Gasteiger partial charge is 0.457 e. The van der Waals surface area contributed by atoms with Gasteiger partial charge in [-0.25, -0.2) is 5.10 Å². The van der Waals surface area contributed by atoms with E-state index in [4.69, 9.17) is 17.0 Å². The maximum atomic E-state index is 5.86. The lowest BCUT2D eigenvalue weighted by Gasteiger charge is -2.06. The highest BCUT2D eigenvalue weighted by Gasteiger charge is 2.07. The van der Waals surface area contributed by atoms with E-state index in [1.807, 2.05) is 66.7 Å². The minimum Gasteiger partial charge on any atom is -0.457 e. The van der Waals surface area contributed by atoms with Gasteiger partial charge in [-0.3, -0.25) is 4.98 Å². The first-order valence-corrected chi connectivity index (χ1v) is 8.65. The van der Waals surface area contributed by atoms with Crippen molar-refractivity contribution in [1.82, 2.24) is 19.9 Å². The third kappa shape index (κ3) is 3.99. The summed E-state index contributed by atoms with van der Waals surface area (Å²) < 4.78 is 7.83. The number of ether oxygens (including phenoxy) is 1. The van der Waals surface area contributed by atoms with Gasteiger partial charge in [0.25, 0.3) is 0 Å². The highest BCUT2D eigenvalue weighted by molar-refractivity contribution is 7.71. The van der Waals surface area contributed by atoms with Gasteiger partial charge in [-0.2, -0.15) is 14.9 Å². The Morgan fingerprint density at radius 1 is 1.00 bits per heavy atom. The van der Waals surface area contributed by atoms with Crippen molar-refractivity contribution in [2.24, 2.45) is 5.10 Å². The average molecular weight is 373 g/mol. The van der Waals surface area contributed by atoms with E-state index in [2.05, 4.69) is 20.3 Å². The van der Waals surface area contributed by atoms with Crippen LogP contribution in [0.5, 0.6) is 11.5 Å². The fourth-order valence-corrected chi connectivity index (χ4v) is 2.67. The summed E-state index contributed by atoms with van der Waals surface area (Å²) >= 11 is 5.29. The monoisotopic (exact) mass is 373 g/mol. The van der Waals surface area contributed by atoms with E-state index >= 15 is 0 Å². The summed E-state index contributed by atoms with van der Waals surface area (Å²) in [5.41, 5.74) is 1.70. The molecule has 2 aromatic carbocycles. The standard InChI is InChI=1S/C20H15N5OS/c27-20-24-23-19(16-7-5-11-21-14-16)25(20)22-13-15-6-4-10-18(12-15)26-17-8-2-1-3-9-17/h1-14H,(H,24,27)/b22-13+. The average Bonchev–Trinajstić information content (AvgIpc) is 3.09. The Balaban J connectivity index is 1.60. The second-order valence-corrected chi connectivity index (χ2v) is 6.02. The summed E-state index contributed by atoms with van der Waals surface area (Å²) in [7, 11) is 0. The zero-order valence-corrected chi connectivity index (χ0v) is 15.0. The molecule has 1 N–H and O–H groups in total. The van der Waals surface area contributed by atoms with Crippen molar-refractivity contribution >= 4 is 18.4 Å². The summed E-state index contributed by atoms with van der Waals surface area (Å²) in [5.74, 6) is 2.11. The van der Waals surface area contributed by atoms with E-state index in [1.165, 1.54) is 0 Å². The van der Waals surface area contributed by atoms with Crippen molar-refractivity contribution in [3.05, 3.63) is 89.5 Å². The molecule has 0 atom stereocenters. The second kappa shape index (κ2) is 7.76. The topological polar surface area (TPSA) is 68.1 Å². The van der Waals surface area contributed by atoms with E-state index in [-0.39, 0.29) is 0 Å². The number of hydrogen-bond acceptors (Lipinski definition) is 5. The minimum atomic E-state index is 0.404. The van der Waals surface area contributed by atoms with Gasteiger partial charge in [0.15, 0.2) is 5.82 Å². The third-order valence-electron chi connectivity index (χ3n) is 3.73. The molecule has 0 aliphatic carbocycles. The smallest absolute Gasteiger partial charge is 0.216 e. The van der Waals surface area contributed by atoms with Crippen LogP contribution in [0.15, 0.2) is 84.2 Å². The lowest BCUT2D eigenvalue weighted by Crippen LogP contribution is -1.95. The quantitative estimate of drug-likeness (QED) is 0.407. The van der Waals surface area contributed by atoms with Crippen LogP contribution in [0.2, 0.25) is 0 Å². The van der Waals surface area contributed by atoms with Gasteiger partial charge in [-0.05, 0) is 54.2 Å². The molecule has 0 saturated heterocycles. The lowest BCUT2D eigenvalue weighted by atomic mass is 10.2. The summed E-state index contributed by atoms with van der Waals surface area (Å²) in [4.78, 5) is 4.11. The first-order valence-electron chi connectivity index (χ1n) is 8.25. The molecule has 27 heavy (non-hydrogen) atoms. The summed E-state index contributed by atoms with van der Waals surface area (Å²) in [6, 6.07) is 21.0. The molecule has 2 heterocycles. The summed E-state index contributed by atoms with van der Waals surface area (Å²) in [5, 5.41) is 11.5. The number of aromatic nitrogens is 4. The first-order chi connectivity index (χ1) is 13.3. The maximum absolute atomic E-state index is 5.86. The summed E-state index contributed by atoms with van der Waals surface area (Å²) in [6.45, 7) is 0. The van der Waals surface area contributed by atoms with E-state index in [0.29, 0.717) is 10.6 Å². The second-order valence-electron chi connectivity index (χ2n) is 5.64.